The lowest BCUT2D eigenvalue weighted by Gasteiger charge is -2.15. The van der Waals surface area contributed by atoms with Crippen LogP contribution < -0.4 is 0 Å². The Balaban J connectivity index is 4.28. The van der Waals surface area contributed by atoms with E-state index in [-0.39, 0.29) is 11.9 Å². The first kappa shape index (κ1) is 13.9. The lowest BCUT2D eigenvalue weighted by atomic mass is 10.0. The molecule has 4 heteroatoms. The van der Waals surface area contributed by atoms with Crippen molar-refractivity contribution < 1.29 is 14.3 Å². The van der Waals surface area contributed by atoms with Crippen molar-refractivity contribution in [2.45, 2.75) is 40.0 Å². The highest BCUT2D eigenvalue weighted by atomic mass is 16.5. The van der Waals surface area contributed by atoms with Gasteiger partial charge in [0.25, 0.3) is 0 Å². The van der Waals surface area contributed by atoms with Crippen molar-refractivity contribution in [3.05, 3.63) is 0 Å². The molecule has 0 bridgehead atoms. The van der Waals surface area contributed by atoms with Gasteiger partial charge in [0.15, 0.2) is 5.90 Å². The van der Waals surface area contributed by atoms with Gasteiger partial charge in [0.1, 0.15) is 5.92 Å². The summed E-state index contributed by atoms with van der Waals surface area (Å²) in [7, 11) is 0. The van der Waals surface area contributed by atoms with Crippen molar-refractivity contribution in [2.24, 2.45) is 5.92 Å². The van der Waals surface area contributed by atoms with Gasteiger partial charge in [-0.25, -0.2) is 0 Å². The Hall–Kier alpha value is -1.06. The van der Waals surface area contributed by atoms with Gasteiger partial charge in [-0.2, -0.15) is 0 Å². The summed E-state index contributed by atoms with van der Waals surface area (Å²) in [6, 6.07) is 0. The molecule has 1 atom stereocenters. The molecule has 0 saturated carbocycles. The molecule has 88 valence electrons. The molecule has 15 heavy (non-hydrogen) atoms. The second-order valence-corrected chi connectivity index (χ2v) is 3.24. The smallest absolute Gasteiger partial charge is 0.318 e. The van der Waals surface area contributed by atoms with Crippen molar-refractivity contribution >= 4 is 11.9 Å². The first-order chi connectivity index (χ1) is 7.17. The van der Waals surface area contributed by atoms with Crippen molar-refractivity contribution in [2.75, 3.05) is 13.2 Å². The molecular formula is C11H21NO3. The van der Waals surface area contributed by atoms with Crippen molar-refractivity contribution in [3.8, 4) is 0 Å². The maximum absolute atomic E-state index is 11.5. The summed E-state index contributed by atoms with van der Waals surface area (Å²) in [6.45, 7) is 6.38. The van der Waals surface area contributed by atoms with Gasteiger partial charge in [0.2, 0.25) is 0 Å². The predicted molar refractivity (Wildman–Crippen MR) is 59.0 cm³/mol. The molecule has 0 aromatic rings. The van der Waals surface area contributed by atoms with E-state index in [4.69, 9.17) is 14.9 Å². The summed E-state index contributed by atoms with van der Waals surface area (Å²) in [4.78, 5) is 11.5. The highest BCUT2D eigenvalue weighted by molar-refractivity contribution is 5.96. The third-order valence-electron chi connectivity index (χ3n) is 2.03. The van der Waals surface area contributed by atoms with E-state index >= 15 is 0 Å². The Kier molecular flexibility index (Phi) is 7.68. The van der Waals surface area contributed by atoms with Crippen LogP contribution in [0.4, 0.5) is 0 Å². The second-order valence-electron chi connectivity index (χ2n) is 3.24. The van der Waals surface area contributed by atoms with E-state index in [0.717, 1.165) is 12.8 Å². The van der Waals surface area contributed by atoms with E-state index in [1.165, 1.54) is 0 Å². The minimum absolute atomic E-state index is 0.0319. The Labute approximate surface area is 91.5 Å². The van der Waals surface area contributed by atoms with Gasteiger partial charge in [-0.3, -0.25) is 10.2 Å². The lowest BCUT2D eigenvalue weighted by molar-refractivity contribution is -0.146. The number of hydrogen-bond donors (Lipinski definition) is 1. The van der Waals surface area contributed by atoms with E-state index in [9.17, 15) is 4.79 Å². The highest BCUT2D eigenvalue weighted by Gasteiger charge is 2.25. The average Bonchev–Trinajstić information content (AvgIpc) is 2.19. The van der Waals surface area contributed by atoms with Crippen LogP contribution in [0.5, 0.6) is 0 Å². The number of hydrogen-bond acceptors (Lipinski definition) is 4. The number of unbranched alkanes of at least 4 members (excludes halogenated alkanes) is 1. The maximum Gasteiger partial charge on any atom is 0.318 e. The van der Waals surface area contributed by atoms with E-state index in [1.54, 1.807) is 13.8 Å². The number of ether oxygens (including phenoxy) is 2. The number of carbonyl (C=O) groups excluding carboxylic acids is 1. The molecule has 0 aliphatic rings. The molecule has 0 rings (SSSR count). The zero-order chi connectivity index (χ0) is 11.7. The molecule has 0 heterocycles. The van der Waals surface area contributed by atoms with Crippen molar-refractivity contribution in [1.29, 1.82) is 5.41 Å². The highest BCUT2D eigenvalue weighted by Crippen LogP contribution is 2.13. The van der Waals surface area contributed by atoms with Gasteiger partial charge in [-0.1, -0.05) is 19.8 Å². The number of rotatable bonds is 7. The van der Waals surface area contributed by atoms with Crippen molar-refractivity contribution in [1.82, 2.24) is 0 Å². The molecule has 0 radical (unpaired) electrons. The zero-order valence-corrected chi connectivity index (χ0v) is 9.84. The lowest BCUT2D eigenvalue weighted by Crippen LogP contribution is -2.27. The second kappa shape index (κ2) is 8.26. The van der Waals surface area contributed by atoms with Gasteiger partial charge in [-0.05, 0) is 20.3 Å². The standard InChI is InChI=1S/C11H21NO3/c1-4-7-8-9(10(12)14-5-2)11(13)15-6-3/h9,12H,4-8H2,1-3H3. The van der Waals surface area contributed by atoms with Gasteiger partial charge < -0.3 is 9.47 Å². The molecule has 0 spiro atoms. The van der Waals surface area contributed by atoms with Crippen LogP contribution in [0.1, 0.15) is 40.0 Å². The fourth-order valence-electron chi connectivity index (χ4n) is 1.26. The Morgan fingerprint density at radius 3 is 2.27 bits per heavy atom. The van der Waals surface area contributed by atoms with Gasteiger partial charge in [0, 0.05) is 0 Å². The number of nitrogens with one attached hydrogen (secondary N) is 1. The first-order valence-electron chi connectivity index (χ1n) is 5.55. The number of carbonyl (C=O) groups is 1. The largest absolute Gasteiger partial charge is 0.481 e. The molecule has 1 N–H and O–H groups in total. The van der Waals surface area contributed by atoms with Crippen LogP contribution in [0.15, 0.2) is 0 Å². The molecule has 4 nitrogen and oxygen atoms in total. The third-order valence-corrected chi connectivity index (χ3v) is 2.03. The summed E-state index contributed by atoms with van der Waals surface area (Å²) in [5.74, 6) is -0.835. The van der Waals surface area contributed by atoms with Crippen LogP contribution in [-0.4, -0.2) is 25.1 Å². The van der Waals surface area contributed by atoms with Gasteiger partial charge in [-0.15, -0.1) is 0 Å². The normalized spacial score (nSPS) is 11.9. The molecule has 0 aliphatic carbocycles. The fourth-order valence-corrected chi connectivity index (χ4v) is 1.26. The molecular weight excluding hydrogens is 194 g/mol. The Morgan fingerprint density at radius 1 is 1.20 bits per heavy atom. The quantitative estimate of drug-likeness (QED) is 0.403. The molecule has 1 unspecified atom stereocenters. The molecule has 0 aliphatic heterocycles. The van der Waals surface area contributed by atoms with Gasteiger partial charge >= 0.3 is 5.97 Å². The summed E-state index contributed by atoms with van der Waals surface area (Å²) in [5, 5.41) is 7.61. The summed E-state index contributed by atoms with van der Waals surface area (Å²) in [6.07, 6.45) is 2.53. The van der Waals surface area contributed by atoms with E-state index < -0.39 is 5.92 Å². The topological polar surface area (TPSA) is 59.4 Å². The summed E-state index contributed by atoms with van der Waals surface area (Å²) >= 11 is 0. The van der Waals surface area contributed by atoms with Gasteiger partial charge in [0.05, 0.1) is 13.2 Å². The van der Waals surface area contributed by atoms with E-state index in [2.05, 4.69) is 0 Å². The first-order valence-corrected chi connectivity index (χ1v) is 5.55. The Morgan fingerprint density at radius 2 is 1.80 bits per heavy atom. The van der Waals surface area contributed by atoms with Crippen LogP contribution in [0.2, 0.25) is 0 Å². The number of esters is 1. The molecule has 0 saturated heterocycles. The molecule has 0 amide bonds. The minimum atomic E-state index is -0.523. The molecule has 0 fully saturated rings. The SMILES string of the molecule is CCCCC(C(=N)OCC)C(=O)OCC. The van der Waals surface area contributed by atoms with Crippen LogP contribution in [0, 0.1) is 11.3 Å². The average molecular weight is 215 g/mol. The van der Waals surface area contributed by atoms with Crippen LogP contribution in [0.25, 0.3) is 0 Å². The van der Waals surface area contributed by atoms with Crippen LogP contribution in [-0.2, 0) is 14.3 Å². The van der Waals surface area contributed by atoms with Crippen LogP contribution in [0.3, 0.4) is 0 Å². The fraction of sp³-hybridized carbons (Fsp3) is 0.818. The summed E-state index contributed by atoms with van der Waals surface area (Å²) in [5.41, 5.74) is 0. The van der Waals surface area contributed by atoms with Crippen molar-refractivity contribution in [3.63, 3.8) is 0 Å². The van der Waals surface area contributed by atoms with Crippen LogP contribution >= 0.6 is 0 Å². The summed E-state index contributed by atoms with van der Waals surface area (Å²) < 4.78 is 9.96. The monoisotopic (exact) mass is 215 g/mol. The predicted octanol–water partition coefficient (Wildman–Crippen LogP) is 2.37. The Bertz CT molecular complexity index is 186. The molecule has 0 aromatic heterocycles. The third kappa shape index (κ3) is 5.40. The zero-order valence-electron chi connectivity index (χ0n) is 9.84. The molecule has 0 aromatic carbocycles. The van der Waals surface area contributed by atoms with E-state index in [1.807, 2.05) is 6.92 Å². The maximum atomic E-state index is 11.5. The van der Waals surface area contributed by atoms with E-state index in [0.29, 0.717) is 19.6 Å². The minimum Gasteiger partial charge on any atom is -0.481 e.